The molecule has 0 spiro atoms. The van der Waals surface area contributed by atoms with Gasteiger partial charge in [-0.15, -0.1) is 0 Å². The van der Waals surface area contributed by atoms with Gasteiger partial charge in [0.25, 0.3) is 5.69 Å². The van der Waals surface area contributed by atoms with Crippen LogP contribution in [0.5, 0.6) is 0 Å². The maximum absolute atomic E-state index is 12.0. The minimum atomic E-state index is -0.399. The van der Waals surface area contributed by atoms with E-state index >= 15 is 0 Å². The Morgan fingerprint density at radius 2 is 2.15 bits per heavy atom. The number of anilines is 1. The highest BCUT2D eigenvalue weighted by Gasteiger charge is 2.25. The van der Waals surface area contributed by atoms with Crippen LogP contribution in [0.1, 0.15) is 25.3 Å². The lowest BCUT2D eigenvalue weighted by Crippen LogP contribution is -2.40. The number of benzene rings is 1. The number of aryl methyl sites for hydroxylation is 1. The zero-order valence-corrected chi connectivity index (χ0v) is 11.6. The molecule has 1 heterocycles. The van der Waals surface area contributed by atoms with Crippen molar-refractivity contribution in [2.75, 3.05) is 24.5 Å². The molecule has 20 heavy (non-hydrogen) atoms. The van der Waals surface area contributed by atoms with E-state index in [1.807, 2.05) is 0 Å². The summed E-state index contributed by atoms with van der Waals surface area (Å²) >= 11 is 0. The molecule has 1 aromatic rings. The van der Waals surface area contributed by atoms with Gasteiger partial charge in [-0.1, -0.05) is 6.92 Å². The standard InChI is InChI=1S/C14H19N3O3/c1-2-7-15-8-9-16-13-5-4-12(17(19)20)10-11(13)3-6-14(16)18/h4-5,10,15H,2-3,6-9H2,1H3. The van der Waals surface area contributed by atoms with Crippen molar-refractivity contribution in [3.8, 4) is 0 Å². The van der Waals surface area contributed by atoms with Crippen LogP contribution in [0.3, 0.4) is 0 Å². The van der Waals surface area contributed by atoms with Gasteiger partial charge in [0.2, 0.25) is 5.91 Å². The van der Waals surface area contributed by atoms with Crippen LogP contribution in [0.4, 0.5) is 11.4 Å². The lowest BCUT2D eigenvalue weighted by molar-refractivity contribution is -0.384. The maximum atomic E-state index is 12.0. The molecule has 1 aliphatic heterocycles. The minimum Gasteiger partial charge on any atom is -0.315 e. The molecule has 0 atom stereocenters. The Kier molecular flexibility index (Phi) is 4.68. The number of nitro benzene ring substituents is 1. The third kappa shape index (κ3) is 3.14. The first-order valence-electron chi connectivity index (χ1n) is 6.92. The van der Waals surface area contributed by atoms with Gasteiger partial charge in [0.15, 0.2) is 0 Å². The molecule has 0 aromatic heterocycles. The molecule has 6 heteroatoms. The highest BCUT2D eigenvalue weighted by Crippen LogP contribution is 2.30. The van der Waals surface area contributed by atoms with Crippen molar-refractivity contribution < 1.29 is 9.72 Å². The summed E-state index contributed by atoms with van der Waals surface area (Å²) < 4.78 is 0. The van der Waals surface area contributed by atoms with Gasteiger partial charge in [-0.25, -0.2) is 0 Å². The van der Waals surface area contributed by atoms with Crippen molar-refractivity contribution in [2.24, 2.45) is 0 Å². The third-order valence-electron chi connectivity index (χ3n) is 3.41. The molecule has 1 amide bonds. The fraction of sp³-hybridized carbons (Fsp3) is 0.500. The molecule has 0 fully saturated rings. The second-order valence-electron chi connectivity index (χ2n) is 4.87. The smallest absolute Gasteiger partial charge is 0.269 e. The molecule has 6 nitrogen and oxygen atoms in total. The Bertz CT molecular complexity index is 516. The minimum absolute atomic E-state index is 0.0853. The predicted octanol–water partition coefficient (Wildman–Crippen LogP) is 1.87. The molecule has 0 saturated heterocycles. The predicted molar refractivity (Wildman–Crippen MR) is 76.9 cm³/mol. The van der Waals surface area contributed by atoms with Gasteiger partial charge in [0, 0.05) is 37.3 Å². The number of amides is 1. The average Bonchev–Trinajstić information content (AvgIpc) is 2.44. The molecule has 1 N–H and O–H groups in total. The average molecular weight is 277 g/mol. The highest BCUT2D eigenvalue weighted by molar-refractivity contribution is 5.96. The Morgan fingerprint density at radius 1 is 1.35 bits per heavy atom. The van der Waals surface area contributed by atoms with Gasteiger partial charge in [-0.2, -0.15) is 0 Å². The van der Waals surface area contributed by atoms with Crippen LogP contribution in [-0.4, -0.2) is 30.5 Å². The molecule has 1 aliphatic rings. The van der Waals surface area contributed by atoms with E-state index in [2.05, 4.69) is 12.2 Å². The van der Waals surface area contributed by atoms with E-state index in [1.54, 1.807) is 17.0 Å². The van der Waals surface area contributed by atoms with Crippen LogP contribution >= 0.6 is 0 Å². The van der Waals surface area contributed by atoms with E-state index < -0.39 is 4.92 Å². The number of hydrogen-bond donors (Lipinski definition) is 1. The normalized spacial score (nSPS) is 14.2. The van der Waals surface area contributed by atoms with Gasteiger partial charge < -0.3 is 10.2 Å². The summed E-state index contributed by atoms with van der Waals surface area (Å²) in [7, 11) is 0. The molecule has 2 rings (SSSR count). The molecular formula is C14H19N3O3. The summed E-state index contributed by atoms with van der Waals surface area (Å²) in [6.07, 6.45) is 2.05. The fourth-order valence-corrected chi connectivity index (χ4v) is 2.40. The van der Waals surface area contributed by atoms with E-state index in [-0.39, 0.29) is 11.6 Å². The van der Waals surface area contributed by atoms with Gasteiger partial charge in [0.05, 0.1) is 4.92 Å². The lowest BCUT2D eigenvalue weighted by atomic mass is 10.0. The number of nitrogens with zero attached hydrogens (tertiary/aromatic N) is 2. The van der Waals surface area contributed by atoms with Gasteiger partial charge in [-0.05, 0) is 31.0 Å². The third-order valence-corrected chi connectivity index (χ3v) is 3.41. The number of carbonyl (C=O) groups is 1. The number of nitro groups is 1. The molecule has 0 aliphatic carbocycles. The monoisotopic (exact) mass is 277 g/mol. The van der Waals surface area contributed by atoms with Crippen molar-refractivity contribution in [3.63, 3.8) is 0 Å². The van der Waals surface area contributed by atoms with E-state index in [4.69, 9.17) is 0 Å². The Morgan fingerprint density at radius 3 is 2.85 bits per heavy atom. The van der Waals surface area contributed by atoms with Gasteiger partial charge in [0.1, 0.15) is 0 Å². The topological polar surface area (TPSA) is 75.5 Å². The van der Waals surface area contributed by atoms with Crippen LogP contribution in [0.15, 0.2) is 18.2 Å². The van der Waals surface area contributed by atoms with Crippen molar-refractivity contribution in [1.82, 2.24) is 5.32 Å². The van der Waals surface area contributed by atoms with Gasteiger partial charge in [-0.3, -0.25) is 14.9 Å². The maximum Gasteiger partial charge on any atom is 0.269 e. The van der Waals surface area contributed by atoms with Crippen molar-refractivity contribution in [3.05, 3.63) is 33.9 Å². The Labute approximate surface area is 117 Å². The van der Waals surface area contributed by atoms with Crippen LogP contribution in [0, 0.1) is 10.1 Å². The SMILES string of the molecule is CCCNCCN1C(=O)CCc2cc([N+](=O)[O-])ccc21. The van der Waals surface area contributed by atoms with Crippen LogP contribution in [0.25, 0.3) is 0 Å². The molecule has 0 bridgehead atoms. The lowest BCUT2D eigenvalue weighted by Gasteiger charge is -2.29. The number of carbonyl (C=O) groups excluding carboxylic acids is 1. The zero-order valence-electron chi connectivity index (χ0n) is 11.6. The highest BCUT2D eigenvalue weighted by atomic mass is 16.6. The second-order valence-corrected chi connectivity index (χ2v) is 4.87. The quantitative estimate of drug-likeness (QED) is 0.489. The molecule has 0 radical (unpaired) electrons. The summed E-state index contributed by atoms with van der Waals surface area (Å²) in [5, 5.41) is 14.1. The summed E-state index contributed by atoms with van der Waals surface area (Å²) in [6, 6.07) is 4.72. The Hall–Kier alpha value is -1.95. The van der Waals surface area contributed by atoms with E-state index in [1.165, 1.54) is 6.07 Å². The molecule has 1 aromatic carbocycles. The van der Waals surface area contributed by atoms with E-state index in [0.29, 0.717) is 19.4 Å². The van der Waals surface area contributed by atoms with E-state index in [0.717, 1.165) is 30.8 Å². The van der Waals surface area contributed by atoms with E-state index in [9.17, 15) is 14.9 Å². The summed E-state index contributed by atoms with van der Waals surface area (Å²) in [4.78, 5) is 24.1. The Balaban J connectivity index is 2.14. The summed E-state index contributed by atoms with van der Waals surface area (Å²) in [5.41, 5.74) is 1.78. The van der Waals surface area contributed by atoms with Crippen molar-refractivity contribution in [1.29, 1.82) is 0 Å². The van der Waals surface area contributed by atoms with Crippen LogP contribution in [-0.2, 0) is 11.2 Å². The zero-order chi connectivity index (χ0) is 14.5. The molecule has 108 valence electrons. The number of non-ortho nitro benzene ring substituents is 1. The fourth-order valence-electron chi connectivity index (χ4n) is 2.40. The summed E-state index contributed by atoms with van der Waals surface area (Å²) in [6.45, 7) is 4.35. The molecule has 0 saturated carbocycles. The number of hydrogen-bond acceptors (Lipinski definition) is 4. The van der Waals surface area contributed by atoms with Crippen LogP contribution < -0.4 is 10.2 Å². The number of rotatable bonds is 6. The first-order chi connectivity index (χ1) is 9.63. The van der Waals surface area contributed by atoms with Crippen molar-refractivity contribution >= 4 is 17.3 Å². The molecule has 0 unspecified atom stereocenters. The van der Waals surface area contributed by atoms with Crippen LogP contribution in [0.2, 0.25) is 0 Å². The first-order valence-corrected chi connectivity index (χ1v) is 6.92. The number of nitrogens with one attached hydrogen (secondary N) is 1. The van der Waals surface area contributed by atoms with Gasteiger partial charge >= 0.3 is 0 Å². The summed E-state index contributed by atoms with van der Waals surface area (Å²) in [5.74, 6) is 0.0876. The van der Waals surface area contributed by atoms with Crippen molar-refractivity contribution in [2.45, 2.75) is 26.2 Å². The number of fused-ring (bicyclic) bond motifs is 1. The largest absolute Gasteiger partial charge is 0.315 e. The first kappa shape index (κ1) is 14.5. The second kappa shape index (κ2) is 6.47. The molecular weight excluding hydrogens is 258 g/mol.